The number of nitrogens with zero attached hydrogens (tertiary/aromatic N) is 6. The summed E-state index contributed by atoms with van der Waals surface area (Å²) in [5.41, 5.74) is 1.32. The van der Waals surface area contributed by atoms with Crippen LogP contribution < -0.4 is 0 Å². The van der Waals surface area contributed by atoms with Crippen LogP contribution in [0, 0.1) is 0 Å². The van der Waals surface area contributed by atoms with Gasteiger partial charge in [-0.25, -0.2) is 9.97 Å². The monoisotopic (exact) mass is 780 g/mol. The molecule has 56 heavy (non-hydrogen) atoms. The Hall–Kier alpha value is -6.39. The summed E-state index contributed by atoms with van der Waals surface area (Å²) >= 11 is 0. The summed E-state index contributed by atoms with van der Waals surface area (Å²) in [4.78, 5) is 14.5. The van der Waals surface area contributed by atoms with Gasteiger partial charge in [0.2, 0.25) is 0 Å². The molecule has 0 aliphatic carbocycles. The molecule has 0 aliphatic rings. The molecule has 8 rings (SSSR count). The number of nitrogens with one attached hydrogen (secondary N) is 2. The Morgan fingerprint density at radius 3 is 1.54 bits per heavy atom. The average molecular weight is 781 g/mol. The third-order valence-electron chi connectivity index (χ3n) is 9.35. The second-order valence-electron chi connectivity index (χ2n) is 12.9. The van der Waals surface area contributed by atoms with Crippen molar-refractivity contribution in [2.75, 3.05) is 0 Å². The number of halogens is 9. The number of fused-ring (bicyclic) bond motifs is 2. The lowest BCUT2D eigenvalue weighted by atomic mass is 10.0. The molecule has 0 saturated heterocycles. The lowest BCUT2D eigenvalue weighted by molar-refractivity contribution is -0.143. The van der Waals surface area contributed by atoms with Crippen LogP contribution in [-0.4, -0.2) is 39.5 Å². The van der Waals surface area contributed by atoms with Gasteiger partial charge in [0.05, 0.1) is 41.2 Å². The number of H-pyrrole nitrogens is 2. The number of rotatable bonds is 6. The maximum atomic E-state index is 13.3. The Kier molecular flexibility index (Phi) is 9.72. The molecule has 2 aromatic carbocycles. The van der Waals surface area contributed by atoms with Gasteiger partial charge in [0.1, 0.15) is 11.3 Å². The maximum absolute atomic E-state index is 13.3. The van der Waals surface area contributed by atoms with Gasteiger partial charge in [-0.1, -0.05) is 18.2 Å². The van der Waals surface area contributed by atoms with Crippen molar-refractivity contribution in [3.8, 4) is 22.3 Å². The molecule has 17 heteroatoms. The molecule has 2 unspecified atom stereocenters. The zero-order chi connectivity index (χ0) is 40.0. The fourth-order valence-electron chi connectivity index (χ4n) is 6.44. The minimum atomic E-state index is -4.90. The highest BCUT2D eigenvalue weighted by atomic mass is 19.4. The van der Waals surface area contributed by atoms with Crippen molar-refractivity contribution in [3.05, 3.63) is 144 Å². The predicted octanol–water partition coefficient (Wildman–Crippen LogP) is 11.1. The molecular formula is C39H29F9N8. The summed E-state index contributed by atoms with van der Waals surface area (Å²) in [7, 11) is 0. The minimum Gasteiger partial charge on any atom is -0.346 e. The van der Waals surface area contributed by atoms with Gasteiger partial charge >= 0.3 is 18.5 Å². The molecule has 0 fully saturated rings. The zero-order valence-electron chi connectivity index (χ0n) is 29.2. The van der Waals surface area contributed by atoms with E-state index in [0.29, 0.717) is 11.2 Å². The van der Waals surface area contributed by atoms with E-state index in [1.807, 2.05) is 18.2 Å². The smallest absolute Gasteiger partial charge is 0.346 e. The van der Waals surface area contributed by atoms with E-state index in [1.165, 1.54) is 29.9 Å². The van der Waals surface area contributed by atoms with Gasteiger partial charge in [-0.3, -0.25) is 9.36 Å². The van der Waals surface area contributed by atoms with E-state index in [2.05, 4.69) is 30.1 Å². The van der Waals surface area contributed by atoms with E-state index in [9.17, 15) is 39.5 Å². The highest BCUT2D eigenvalue weighted by Gasteiger charge is 2.38. The first-order valence-electron chi connectivity index (χ1n) is 16.9. The van der Waals surface area contributed by atoms with Crippen LogP contribution in [0.15, 0.2) is 116 Å². The Morgan fingerprint density at radius 2 is 1.05 bits per heavy atom. The Bertz CT molecular complexity index is 2590. The van der Waals surface area contributed by atoms with Crippen LogP contribution in [0.25, 0.3) is 44.3 Å². The van der Waals surface area contributed by atoms with Crippen LogP contribution in [0.5, 0.6) is 0 Å². The standard InChI is InChI=1S/C20H14F6N4.C19H15F3N4/c1-11(12-6-14(19(21,22)23)8-15(7-12)20(24,25)26)30-10-13(9-29-30)16-2-4-27-18-17(16)3-5-28-18;1-12(14-4-2-3-5-17(14)19(20,21)22)26-11-13(10-25-26)15-6-8-23-18-16(15)7-9-24-18/h2-11H,1H3,(H,27,28);2-12H,1H3,(H,23,24). The first-order valence-corrected chi connectivity index (χ1v) is 16.9. The van der Waals surface area contributed by atoms with Crippen molar-refractivity contribution < 1.29 is 39.5 Å². The predicted molar refractivity (Wildman–Crippen MR) is 190 cm³/mol. The molecule has 6 heterocycles. The number of pyridine rings is 2. The average Bonchev–Trinajstić information content (AvgIpc) is 4.00. The molecule has 288 valence electrons. The summed E-state index contributed by atoms with van der Waals surface area (Å²) < 4.78 is 122. The number of aromatic nitrogens is 8. The minimum absolute atomic E-state index is 0.115. The molecule has 8 nitrogen and oxygen atoms in total. The molecule has 6 aromatic heterocycles. The fraction of sp³-hybridized carbons (Fsp3) is 0.179. The molecule has 0 amide bonds. The third kappa shape index (κ3) is 7.61. The van der Waals surface area contributed by atoms with Crippen LogP contribution in [0.3, 0.4) is 0 Å². The summed E-state index contributed by atoms with van der Waals surface area (Å²) in [6, 6.07) is 13.1. The van der Waals surface area contributed by atoms with E-state index in [4.69, 9.17) is 0 Å². The first kappa shape index (κ1) is 37.9. The molecule has 2 atom stereocenters. The van der Waals surface area contributed by atoms with Gasteiger partial charge < -0.3 is 9.97 Å². The quantitative estimate of drug-likeness (QED) is 0.164. The topological polar surface area (TPSA) is 93.0 Å². The largest absolute Gasteiger partial charge is 0.416 e. The van der Waals surface area contributed by atoms with Gasteiger partial charge in [0.25, 0.3) is 0 Å². The van der Waals surface area contributed by atoms with Crippen molar-refractivity contribution in [3.63, 3.8) is 0 Å². The van der Waals surface area contributed by atoms with Crippen LogP contribution in [0.2, 0.25) is 0 Å². The Morgan fingerprint density at radius 1 is 0.571 bits per heavy atom. The van der Waals surface area contributed by atoms with Gasteiger partial charge in [0, 0.05) is 59.1 Å². The summed E-state index contributed by atoms with van der Waals surface area (Å²) in [6.07, 6.45) is -0.883. The van der Waals surface area contributed by atoms with E-state index in [0.717, 1.165) is 51.3 Å². The third-order valence-corrected chi connectivity index (χ3v) is 9.35. The van der Waals surface area contributed by atoms with Crippen molar-refractivity contribution in [1.29, 1.82) is 0 Å². The zero-order valence-corrected chi connectivity index (χ0v) is 29.2. The van der Waals surface area contributed by atoms with Crippen molar-refractivity contribution >= 4 is 22.1 Å². The van der Waals surface area contributed by atoms with Crippen LogP contribution >= 0.6 is 0 Å². The second kappa shape index (κ2) is 14.4. The molecule has 0 saturated carbocycles. The SMILES string of the molecule is CC(c1cc(C(F)(F)F)cc(C(F)(F)F)c1)n1cc(-c2ccnc3[nH]ccc23)cn1.CC(c1ccccc1C(F)(F)F)n1cc(-c2ccnc3[nH]ccc23)cn1. The molecular weight excluding hydrogens is 751 g/mol. The molecule has 0 bridgehead atoms. The van der Waals surface area contributed by atoms with Crippen molar-refractivity contribution in [2.24, 2.45) is 0 Å². The van der Waals surface area contributed by atoms with E-state index < -0.39 is 47.3 Å². The maximum Gasteiger partial charge on any atom is 0.416 e. The Labute approximate surface area is 311 Å². The van der Waals surface area contributed by atoms with Gasteiger partial charge in [-0.05, 0) is 84.6 Å². The summed E-state index contributed by atoms with van der Waals surface area (Å²) in [5.74, 6) is 0. The highest BCUT2D eigenvalue weighted by Crippen LogP contribution is 2.39. The summed E-state index contributed by atoms with van der Waals surface area (Å²) in [5, 5.41) is 10.2. The molecule has 0 spiro atoms. The number of hydrogen-bond donors (Lipinski definition) is 2. The van der Waals surface area contributed by atoms with Gasteiger partial charge in [0.15, 0.2) is 0 Å². The number of aromatic amines is 2. The summed E-state index contributed by atoms with van der Waals surface area (Å²) in [6.45, 7) is 3.20. The van der Waals surface area contributed by atoms with Crippen LogP contribution in [-0.2, 0) is 18.5 Å². The van der Waals surface area contributed by atoms with Crippen LogP contribution in [0.1, 0.15) is 53.7 Å². The van der Waals surface area contributed by atoms with Crippen LogP contribution in [0.4, 0.5) is 39.5 Å². The van der Waals surface area contributed by atoms with E-state index >= 15 is 0 Å². The fourth-order valence-corrected chi connectivity index (χ4v) is 6.44. The number of hydrogen-bond acceptors (Lipinski definition) is 4. The molecule has 8 aromatic rings. The van der Waals surface area contributed by atoms with E-state index in [1.54, 1.807) is 67.1 Å². The second-order valence-corrected chi connectivity index (χ2v) is 12.9. The number of benzene rings is 2. The Balaban J connectivity index is 0.000000173. The first-order chi connectivity index (χ1) is 26.5. The normalized spacial score (nSPS) is 13.5. The molecule has 0 aliphatic heterocycles. The van der Waals surface area contributed by atoms with Gasteiger partial charge in [-0.15, -0.1) is 0 Å². The number of alkyl halides is 9. The lowest BCUT2D eigenvalue weighted by Crippen LogP contribution is -2.15. The molecule has 2 N–H and O–H groups in total. The highest BCUT2D eigenvalue weighted by molar-refractivity contribution is 5.93. The van der Waals surface area contributed by atoms with Crippen molar-refractivity contribution in [2.45, 2.75) is 44.5 Å². The van der Waals surface area contributed by atoms with Crippen molar-refractivity contribution in [1.82, 2.24) is 39.5 Å². The van der Waals surface area contributed by atoms with Gasteiger partial charge in [-0.2, -0.15) is 49.7 Å². The molecule has 0 radical (unpaired) electrons. The lowest BCUT2D eigenvalue weighted by Gasteiger charge is -2.18. The van der Waals surface area contributed by atoms with E-state index in [-0.39, 0.29) is 17.2 Å².